The largest absolute Gasteiger partial charge is 0.390 e. The Morgan fingerprint density at radius 2 is 2.05 bits per heavy atom. The third kappa shape index (κ3) is 6.64. The monoisotopic (exact) mass is 319 g/mol. The number of anilines is 1. The molecule has 0 radical (unpaired) electrons. The summed E-state index contributed by atoms with van der Waals surface area (Å²) in [5.74, 6) is 0.126. The summed E-state index contributed by atoms with van der Waals surface area (Å²) in [6, 6.07) is 9.61. The van der Waals surface area contributed by atoms with Crippen LogP contribution in [0.2, 0.25) is 0 Å². The number of hydrogen-bond acceptors (Lipinski definition) is 3. The van der Waals surface area contributed by atoms with Crippen LogP contribution >= 0.6 is 11.6 Å². The minimum Gasteiger partial charge on any atom is -0.390 e. The summed E-state index contributed by atoms with van der Waals surface area (Å²) < 4.78 is 0. The lowest BCUT2D eigenvalue weighted by Gasteiger charge is -2.06. The van der Waals surface area contributed by atoms with Crippen LogP contribution in [0.15, 0.2) is 36.0 Å². The predicted octanol–water partition coefficient (Wildman–Crippen LogP) is 3.59. The molecule has 0 saturated carbocycles. The van der Waals surface area contributed by atoms with Crippen molar-refractivity contribution in [1.82, 2.24) is 5.32 Å². The number of halogens is 1. The first-order valence-corrected chi connectivity index (χ1v) is 8.04. The number of alkyl halides is 1. The fraction of sp³-hybridized carbons (Fsp3) is 0.412. The lowest BCUT2D eigenvalue weighted by molar-refractivity contribution is -0.112. The molecule has 4 nitrogen and oxygen atoms in total. The maximum atomic E-state index is 12.0. The van der Waals surface area contributed by atoms with Gasteiger partial charge in [-0.2, -0.15) is 5.26 Å². The van der Waals surface area contributed by atoms with Gasteiger partial charge in [-0.3, -0.25) is 4.79 Å². The molecule has 0 spiro atoms. The van der Waals surface area contributed by atoms with E-state index in [0.717, 1.165) is 25.7 Å². The highest BCUT2D eigenvalue weighted by molar-refractivity contribution is 6.17. The fourth-order valence-electron chi connectivity index (χ4n) is 1.83. The Balaban J connectivity index is 2.57. The first-order chi connectivity index (χ1) is 10.7. The molecule has 0 saturated heterocycles. The molecule has 1 amide bonds. The van der Waals surface area contributed by atoms with Gasteiger partial charge in [0, 0.05) is 24.3 Å². The first-order valence-electron chi connectivity index (χ1n) is 7.51. The lowest BCUT2D eigenvalue weighted by atomic mass is 10.1. The molecule has 0 fully saturated rings. The van der Waals surface area contributed by atoms with Crippen LogP contribution < -0.4 is 10.6 Å². The van der Waals surface area contributed by atoms with Crippen LogP contribution in [0.3, 0.4) is 0 Å². The van der Waals surface area contributed by atoms with E-state index in [1.165, 1.54) is 11.8 Å². The molecule has 0 aliphatic rings. The maximum absolute atomic E-state index is 12.0. The third-order valence-corrected chi connectivity index (χ3v) is 3.36. The van der Waals surface area contributed by atoms with Crippen LogP contribution in [0.1, 0.15) is 31.7 Å². The van der Waals surface area contributed by atoms with Crippen LogP contribution in [0.5, 0.6) is 0 Å². The Morgan fingerprint density at radius 3 is 2.64 bits per heavy atom. The van der Waals surface area contributed by atoms with E-state index in [1.54, 1.807) is 0 Å². The predicted molar refractivity (Wildman–Crippen MR) is 90.7 cm³/mol. The molecule has 1 rings (SSSR count). The number of carbonyl (C=O) groups excluding carboxylic acids is 1. The van der Waals surface area contributed by atoms with Crippen molar-refractivity contribution in [3.05, 3.63) is 41.6 Å². The SMILES string of the molecule is CCCCc1ccc(NC(=O)/C(C#N)=C\NCCCCl)cc1. The molecule has 1 aromatic rings. The summed E-state index contributed by atoms with van der Waals surface area (Å²) >= 11 is 5.56. The second-order valence-corrected chi connectivity index (χ2v) is 5.30. The zero-order valence-corrected chi connectivity index (χ0v) is 13.6. The highest BCUT2D eigenvalue weighted by Gasteiger charge is 2.08. The number of amides is 1. The van der Waals surface area contributed by atoms with E-state index in [1.807, 2.05) is 30.3 Å². The molecule has 0 bridgehead atoms. The summed E-state index contributed by atoms with van der Waals surface area (Å²) in [6.45, 7) is 2.79. The summed E-state index contributed by atoms with van der Waals surface area (Å²) in [6.07, 6.45) is 5.56. The van der Waals surface area contributed by atoms with Gasteiger partial charge < -0.3 is 10.6 Å². The molecule has 5 heteroatoms. The van der Waals surface area contributed by atoms with Crippen molar-refractivity contribution in [2.45, 2.75) is 32.6 Å². The van der Waals surface area contributed by atoms with Crippen LogP contribution in [-0.4, -0.2) is 18.3 Å². The third-order valence-electron chi connectivity index (χ3n) is 3.10. The number of nitrogens with zero attached hydrogens (tertiary/aromatic N) is 1. The molecule has 0 heterocycles. The van der Waals surface area contributed by atoms with Crippen LogP contribution in [0.4, 0.5) is 5.69 Å². The number of hydrogen-bond donors (Lipinski definition) is 2. The standard InChI is InChI=1S/C17H22ClN3O/c1-2-3-5-14-6-8-16(9-7-14)21-17(22)15(12-19)13-20-11-4-10-18/h6-9,13,20H,2-5,10-11H2,1H3,(H,21,22)/b15-13-. The Kier molecular flexibility index (Phi) is 8.78. The second kappa shape index (κ2) is 10.7. The zero-order valence-electron chi connectivity index (χ0n) is 12.9. The lowest BCUT2D eigenvalue weighted by Crippen LogP contribution is -2.17. The summed E-state index contributed by atoms with van der Waals surface area (Å²) in [4.78, 5) is 12.0. The number of benzene rings is 1. The highest BCUT2D eigenvalue weighted by atomic mass is 35.5. The quantitative estimate of drug-likeness (QED) is 0.316. The molecule has 0 aliphatic carbocycles. The van der Waals surface area contributed by atoms with Crippen molar-refractivity contribution >= 4 is 23.2 Å². The van der Waals surface area contributed by atoms with E-state index < -0.39 is 5.91 Å². The normalized spacial score (nSPS) is 10.9. The molecule has 1 aromatic carbocycles. The molecular weight excluding hydrogens is 298 g/mol. The molecule has 0 unspecified atom stereocenters. The van der Waals surface area contributed by atoms with E-state index in [0.29, 0.717) is 18.1 Å². The van der Waals surface area contributed by atoms with Gasteiger partial charge in [-0.15, -0.1) is 11.6 Å². The van der Waals surface area contributed by atoms with Gasteiger partial charge in [-0.05, 0) is 37.0 Å². The van der Waals surface area contributed by atoms with Gasteiger partial charge in [0.25, 0.3) is 5.91 Å². The smallest absolute Gasteiger partial charge is 0.267 e. The van der Waals surface area contributed by atoms with Crippen molar-refractivity contribution in [3.8, 4) is 6.07 Å². The summed E-state index contributed by atoms with van der Waals surface area (Å²) in [7, 11) is 0. The van der Waals surface area contributed by atoms with Gasteiger partial charge in [0.2, 0.25) is 0 Å². The van der Waals surface area contributed by atoms with Crippen molar-refractivity contribution in [3.63, 3.8) is 0 Å². The number of nitrogens with one attached hydrogen (secondary N) is 2. The van der Waals surface area contributed by atoms with Gasteiger partial charge in [-0.25, -0.2) is 0 Å². The maximum Gasteiger partial charge on any atom is 0.267 e. The fourth-order valence-corrected chi connectivity index (χ4v) is 1.96. The van der Waals surface area contributed by atoms with Crippen molar-refractivity contribution in [2.75, 3.05) is 17.7 Å². The zero-order chi connectivity index (χ0) is 16.2. The Hall–Kier alpha value is -1.99. The molecular formula is C17H22ClN3O. The number of nitriles is 1. The topological polar surface area (TPSA) is 64.9 Å². The molecule has 0 atom stereocenters. The summed E-state index contributed by atoms with van der Waals surface area (Å²) in [5.41, 5.74) is 1.98. The molecule has 0 aliphatic heterocycles. The van der Waals surface area contributed by atoms with E-state index in [4.69, 9.17) is 16.9 Å². The molecule has 118 valence electrons. The van der Waals surface area contributed by atoms with Gasteiger partial charge in [-0.1, -0.05) is 25.5 Å². The average Bonchev–Trinajstić information content (AvgIpc) is 2.54. The number of carbonyl (C=O) groups is 1. The van der Waals surface area contributed by atoms with Gasteiger partial charge in [0.15, 0.2) is 0 Å². The Bertz CT molecular complexity index is 532. The van der Waals surface area contributed by atoms with Crippen molar-refractivity contribution < 1.29 is 4.79 Å². The number of rotatable bonds is 9. The average molecular weight is 320 g/mol. The van der Waals surface area contributed by atoms with Crippen molar-refractivity contribution in [1.29, 1.82) is 5.26 Å². The van der Waals surface area contributed by atoms with Gasteiger partial charge in [0.05, 0.1) is 0 Å². The molecule has 22 heavy (non-hydrogen) atoms. The summed E-state index contributed by atoms with van der Waals surface area (Å²) in [5, 5.41) is 14.7. The highest BCUT2D eigenvalue weighted by Crippen LogP contribution is 2.12. The van der Waals surface area contributed by atoms with Crippen LogP contribution in [0.25, 0.3) is 0 Å². The minimum atomic E-state index is -0.415. The Labute approximate surface area is 137 Å². The Morgan fingerprint density at radius 1 is 1.32 bits per heavy atom. The number of unbranched alkanes of at least 4 members (excludes halogenated alkanes) is 1. The molecule has 0 aromatic heterocycles. The van der Waals surface area contributed by atoms with E-state index in [9.17, 15) is 4.79 Å². The van der Waals surface area contributed by atoms with Crippen LogP contribution in [-0.2, 0) is 11.2 Å². The minimum absolute atomic E-state index is 0.0460. The van der Waals surface area contributed by atoms with Gasteiger partial charge in [0.1, 0.15) is 11.6 Å². The van der Waals surface area contributed by atoms with E-state index in [-0.39, 0.29) is 5.57 Å². The van der Waals surface area contributed by atoms with Gasteiger partial charge >= 0.3 is 0 Å². The van der Waals surface area contributed by atoms with Crippen LogP contribution in [0, 0.1) is 11.3 Å². The number of aryl methyl sites for hydroxylation is 1. The first kappa shape index (κ1) is 18.1. The molecule has 2 N–H and O–H groups in total. The van der Waals surface area contributed by atoms with E-state index >= 15 is 0 Å². The van der Waals surface area contributed by atoms with Crippen molar-refractivity contribution in [2.24, 2.45) is 0 Å². The van der Waals surface area contributed by atoms with E-state index in [2.05, 4.69) is 17.6 Å². The second-order valence-electron chi connectivity index (χ2n) is 4.92.